The van der Waals surface area contributed by atoms with Crippen LogP contribution < -0.4 is 22.1 Å². The van der Waals surface area contributed by atoms with Crippen molar-refractivity contribution in [3.05, 3.63) is 24.0 Å². The van der Waals surface area contributed by atoms with Gasteiger partial charge in [0, 0.05) is 23.6 Å². The SMILES string of the molecule is NC1Nc2ccncc2C(N)N1. The first-order valence-corrected chi connectivity index (χ1v) is 3.75. The molecule has 0 spiro atoms. The van der Waals surface area contributed by atoms with Crippen molar-refractivity contribution < 1.29 is 0 Å². The smallest absolute Gasteiger partial charge is 0.131 e. The Balaban J connectivity index is 2.40. The number of nitrogens with two attached hydrogens (primary N) is 2. The lowest BCUT2D eigenvalue weighted by molar-refractivity contribution is 0.464. The number of anilines is 1. The monoisotopic (exact) mass is 165 g/mol. The molecule has 1 aliphatic heterocycles. The van der Waals surface area contributed by atoms with Gasteiger partial charge in [-0.1, -0.05) is 0 Å². The van der Waals surface area contributed by atoms with Crippen molar-refractivity contribution in [3.63, 3.8) is 0 Å². The van der Waals surface area contributed by atoms with E-state index >= 15 is 0 Å². The predicted octanol–water partition coefficient (Wildman–Crippen LogP) is -0.704. The van der Waals surface area contributed by atoms with Gasteiger partial charge in [0.05, 0.1) is 6.17 Å². The number of fused-ring (bicyclic) bond motifs is 1. The fraction of sp³-hybridized carbons (Fsp3) is 0.286. The van der Waals surface area contributed by atoms with Gasteiger partial charge in [-0.25, -0.2) is 0 Å². The molecule has 0 aliphatic carbocycles. The highest BCUT2D eigenvalue weighted by atomic mass is 15.3. The molecule has 0 bridgehead atoms. The van der Waals surface area contributed by atoms with E-state index in [1.807, 2.05) is 6.07 Å². The lowest BCUT2D eigenvalue weighted by Gasteiger charge is -2.29. The normalized spacial score (nSPS) is 27.5. The van der Waals surface area contributed by atoms with Gasteiger partial charge in [-0.2, -0.15) is 0 Å². The fourth-order valence-corrected chi connectivity index (χ4v) is 1.28. The molecule has 1 aromatic rings. The Kier molecular flexibility index (Phi) is 1.69. The zero-order chi connectivity index (χ0) is 8.55. The highest BCUT2D eigenvalue weighted by molar-refractivity contribution is 5.53. The van der Waals surface area contributed by atoms with Crippen molar-refractivity contribution in [2.45, 2.75) is 12.5 Å². The number of aromatic nitrogens is 1. The molecule has 0 radical (unpaired) electrons. The van der Waals surface area contributed by atoms with Gasteiger partial charge in [0.25, 0.3) is 0 Å². The number of nitrogens with one attached hydrogen (secondary N) is 2. The van der Waals surface area contributed by atoms with Gasteiger partial charge in [0.1, 0.15) is 6.29 Å². The first-order valence-electron chi connectivity index (χ1n) is 3.75. The van der Waals surface area contributed by atoms with Gasteiger partial charge in [0.15, 0.2) is 0 Å². The van der Waals surface area contributed by atoms with Gasteiger partial charge in [0.2, 0.25) is 0 Å². The van der Waals surface area contributed by atoms with Crippen molar-refractivity contribution in [2.75, 3.05) is 5.32 Å². The summed E-state index contributed by atoms with van der Waals surface area (Å²) in [6, 6.07) is 1.86. The number of hydrogen-bond acceptors (Lipinski definition) is 5. The minimum Gasteiger partial charge on any atom is -0.357 e. The van der Waals surface area contributed by atoms with Crippen LogP contribution in [0.3, 0.4) is 0 Å². The molecule has 5 heteroatoms. The summed E-state index contributed by atoms with van der Waals surface area (Å²) >= 11 is 0. The van der Waals surface area contributed by atoms with Crippen LogP contribution in [0.25, 0.3) is 0 Å². The molecule has 2 heterocycles. The van der Waals surface area contributed by atoms with Crippen LogP contribution in [0, 0.1) is 0 Å². The number of rotatable bonds is 0. The maximum atomic E-state index is 5.77. The van der Waals surface area contributed by atoms with Gasteiger partial charge in [-0.05, 0) is 6.07 Å². The van der Waals surface area contributed by atoms with Gasteiger partial charge in [-0.15, -0.1) is 0 Å². The summed E-state index contributed by atoms with van der Waals surface area (Å²) in [5, 5.41) is 5.98. The lowest BCUT2D eigenvalue weighted by Crippen LogP contribution is -2.51. The summed E-state index contributed by atoms with van der Waals surface area (Å²) in [4.78, 5) is 3.97. The van der Waals surface area contributed by atoms with E-state index in [1.165, 1.54) is 0 Å². The summed E-state index contributed by atoms with van der Waals surface area (Å²) < 4.78 is 0. The Morgan fingerprint density at radius 3 is 3.08 bits per heavy atom. The molecule has 1 aromatic heterocycles. The van der Waals surface area contributed by atoms with Crippen molar-refractivity contribution in [2.24, 2.45) is 11.5 Å². The zero-order valence-electron chi connectivity index (χ0n) is 6.49. The molecule has 5 nitrogen and oxygen atoms in total. The molecule has 2 unspecified atom stereocenters. The number of pyridine rings is 1. The molecule has 6 N–H and O–H groups in total. The molecule has 64 valence electrons. The second kappa shape index (κ2) is 2.71. The molecule has 0 fully saturated rings. The fourth-order valence-electron chi connectivity index (χ4n) is 1.28. The van der Waals surface area contributed by atoms with E-state index in [4.69, 9.17) is 11.5 Å². The number of nitrogens with zero attached hydrogens (tertiary/aromatic N) is 1. The Hall–Kier alpha value is -1.17. The molecule has 0 amide bonds. The topological polar surface area (TPSA) is 89.0 Å². The van der Waals surface area contributed by atoms with E-state index in [-0.39, 0.29) is 12.5 Å². The molecule has 12 heavy (non-hydrogen) atoms. The van der Waals surface area contributed by atoms with Crippen molar-refractivity contribution in [1.29, 1.82) is 0 Å². The molecule has 1 aliphatic rings. The van der Waals surface area contributed by atoms with Crippen molar-refractivity contribution >= 4 is 5.69 Å². The van der Waals surface area contributed by atoms with Crippen LogP contribution in [-0.2, 0) is 0 Å². The van der Waals surface area contributed by atoms with Crippen LogP contribution in [0.1, 0.15) is 11.7 Å². The Morgan fingerprint density at radius 1 is 1.42 bits per heavy atom. The highest BCUT2D eigenvalue weighted by Gasteiger charge is 2.19. The summed E-state index contributed by atoms with van der Waals surface area (Å²) in [6.45, 7) is 0. The van der Waals surface area contributed by atoms with Crippen molar-refractivity contribution in [3.8, 4) is 0 Å². The summed E-state index contributed by atoms with van der Waals surface area (Å²) in [5.41, 5.74) is 13.3. The predicted molar refractivity (Wildman–Crippen MR) is 45.9 cm³/mol. The highest BCUT2D eigenvalue weighted by Crippen LogP contribution is 2.21. The molecule has 2 rings (SSSR count). The van der Waals surface area contributed by atoms with Gasteiger partial charge in [-0.3, -0.25) is 16.0 Å². The first kappa shape index (κ1) is 7.48. The largest absolute Gasteiger partial charge is 0.357 e. The zero-order valence-corrected chi connectivity index (χ0v) is 6.49. The Labute approximate surface area is 70.2 Å². The molecule has 0 saturated carbocycles. The molecular weight excluding hydrogens is 154 g/mol. The maximum Gasteiger partial charge on any atom is 0.131 e. The van der Waals surface area contributed by atoms with Gasteiger partial charge >= 0.3 is 0 Å². The third-order valence-corrected chi connectivity index (χ3v) is 1.86. The van der Waals surface area contributed by atoms with Crippen LogP contribution in [0.15, 0.2) is 18.5 Å². The third-order valence-electron chi connectivity index (χ3n) is 1.86. The Bertz CT molecular complexity index is 287. The molecule has 2 atom stereocenters. The van der Waals surface area contributed by atoms with E-state index in [0.717, 1.165) is 11.3 Å². The second-order valence-electron chi connectivity index (χ2n) is 2.73. The lowest BCUT2D eigenvalue weighted by atomic mass is 10.1. The summed E-state index contributed by atoms with van der Waals surface area (Å²) in [6.07, 6.45) is 2.92. The number of hydrogen-bond donors (Lipinski definition) is 4. The average Bonchev–Trinajstić information content (AvgIpc) is 2.04. The van der Waals surface area contributed by atoms with Crippen LogP contribution in [0.4, 0.5) is 5.69 Å². The minimum atomic E-state index is -0.283. The average molecular weight is 165 g/mol. The van der Waals surface area contributed by atoms with E-state index in [1.54, 1.807) is 12.4 Å². The van der Waals surface area contributed by atoms with Crippen LogP contribution in [-0.4, -0.2) is 11.3 Å². The Morgan fingerprint density at radius 2 is 2.25 bits per heavy atom. The molecular formula is C7H11N5. The molecule has 0 aromatic carbocycles. The van der Waals surface area contributed by atoms with Crippen LogP contribution in [0.5, 0.6) is 0 Å². The van der Waals surface area contributed by atoms with Gasteiger partial charge < -0.3 is 11.1 Å². The van der Waals surface area contributed by atoms with E-state index in [0.29, 0.717) is 0 Å². The van der Waals surface area contributed by atoms with Crippen LogP contribution >= 0.6 is 0 Å². The minimum absolute atomic E-state index is 0.232. The van der Waals surface area contributed by atoms with E-state index in [2.05, 4.69) is 15.6 Å². The van der Waals surface area contributed by atoms with E-state index < -0.39 is 0 Å². The second-order valence-corrected chi connectivity index (χ2v) is 2.73. The summed E-state index contributed by atoms with van der Waals surface area (Å²) in [5.74, 6) is 0. The maximum absolute atomic E-state index is 5.77. The quantitative estimate of drug-likeness (QED) is 0.408. The van der Waals surface area contributed by atoms with Crippen molar-refractivity contribution in [1.82, 2.24) is 10.3 Å². The first-order chi connectivity index (χ1) is 5.77. The van der Waals surface area contributed by atoms with Crippen LogP contribution in [0.2, 0.25) is 0 Å². The molecule has 0 saturated heterocycles. The summed E-state index contributed by atoms with van der Waals surface area (Å²) in [7, 11) is 0. The third kappa shape index (κ3) is 1.14. The van der Waals surface area contributed by atoms with E-state index in [9.17, 15) is 0 Å². The standard InChI is InChI=1S/C7H11N5/c8-6-4-3-10-2-1-5(4)11-7(9)12-6/h1-3,6-7,11-12H,8-9H2.